The second-order valence-corrected chi connectivity index (χ2v) is 5.63. The van der Waals surface area contributed by atoms with Gasteiger partial charge in [0.15, 0.2) is 0 Å². The molecule has 1 atom stereocenters. The first kappa shape index (κ1) is 13.1. The Bertz CT molecular complexity index is 603. The van der Waals surface area contributed by atoms with E-state index in [2.05, 4.69) is 4.98 Å². The number of hydrogen-bond acceptors (Lipinski definition) is 3. The van der Waals surface area contributed by atoms with Gasteiger partial charge in [-0.05, 0) is 29.8 Å². The lowest BCUT2D eigenvalue weighted by Crippen LogP contribution is -2.28. The Balaban J connectivity index is 1.82. The van der Waals surface area contributed by atoms with E-state index in [1.165, 1.54) is 12.1 Å². The lowest BCUT2D eigenvalue weighted by Gasteiger charge is -2.23. The van der Waals surface area contributed by atoms with Gasteiger partial charge in [-0.3, -0.25) is 9.78 Å². The number of halogens is 1. The molecule has 2 aromatic rings. The number of carbonyl (C=O) groups is 1. The average Bonchev–Trinajstić information content (AvgIpc) is 2.84. The fourth-order valence-electron chi connectivity index (χ4n) is 2.18. The molecule has 1 saturated heterocycles. The second-order valence-electron chi connectivity index (χ2n) is 4.57. The summed E-state index contributed by atoms with van der Waals surface area (Å²) in [6.07, 6.45) is 1.73. The quantitative estimate of drug-likeness (QED) is 0.870. The van der Waals surface area contributed by atoms with E-state index in [0.29, 0.717) is 12.3 Å². The summed E-state index contributed by atoms with van der Waals surface area (Å²) < 4.78 is 12.9. The van der Waals surface area contributed by atoms with Crippen molar-refractivity contribution in [1.29, 1.82) is 0 Å². The first-order chi connectivity index (χ1) is 9.74. The standard InChI is InChI=1S/C15H13FN2OS/c16-12-6-4-11(5-7-12)9-18-14(19)10-20-15(18)13-3-1-2-8-17-13/h1-8,15H,9-10H2. The van der Waals surface area contributed by atoms with Crippen LogP contribution in [0.5, 0.6) is 0 Å². The third-order valence-electron chi connectivity index (χ3n) is 3.18. The summed E-state index contributed by atoms with van der Waals surface area (Å²) in [5, 5.41) is -0.0613. The van der Waals surface area contributed by atoms with Crippen molar-refractivity contribution in [2.75, 3.05) is 5.75 Å². The SMILES string of the molecule is O=C1CSC(c2ccccn2)N1Cc1ccc(F)cc1. The van der Waals surface area contributed by atoms with Crippen LogP contribution in [0.25, 0.3) is 0 Å². The molecule has 1 aliphatic heterocycles. The van der Waals surface area contributed by atoms with Gasteiger partial charge >= 0.3 is 0 Å². The number of rotatable bonds is 3. The fraction of sp³-hybridized carbons (Fsp3) is 0.200. The van der Waals surface area contributed by atoms with Crippen LogP contribution in [0.4, 0.5) is 4.39 Å². The van der Waals surface area contributed by atoms with E-state index in [4.69, 9.17) is 0 Å². The van der Waals surface area contributed by atoms with Gasteiger partial charge in [0, 0.05) is 12.7 Å². The van der Waals surface area contributed by atoms with Crippen LogP contribution in [0.2, 0.25) is 0 Å². The van der Waals surface area contributed by atoms with Crippen LogP contribution in [0.1, 0.15) is 16.6 Å². The molecular formula is C15H13FN2OS. The average molecular weight is 288 g/mol. The summed E-state index contributed by atoms with van der Waals surface area (Å²) in [6.45, 7) is 0.480. The maximum absolute atomic E-state index is 12.9. The number of benzene rings is 1. The first-order valence-electron chi connectivity index (χ1n) is 6.30. The van der Waals surface area contributed by atoms with Crippen molar-refractivity contribution >= 4 is 17.7 Å². The number of nitrogens with zero attached hydrogens (tertiary/aromatic N) is 2. The van der Waals surface area contributed by atoms with Gasteiger partial charge in [-0.15, -0.1) is 11.8 Å². The van der Waals surface area contributed by atoms with E-state index in [1.54, 1.807) is 35.0 Å². The molecule has 0 spiro atoms. The van der Waals surface area contributed by atoms with E-state index >= 15 is 0 Å². The van der Waals surface area contributed by atoms with Crippen LogP contribution in [-0.4, -0.2) is 21.5 Å². The van der Waals surface area contributed by atoms with Crippen LogP contribution in [0, 0.1) is 5.82 Å². The Morgan fingerprint density at radius 3 is 2.75 bits per heavy atom. The topological polar surface area (TPSA) is 33.2 Å². The summed E-state index contributed by atoms with van der Waals surface area (Å²) in [7, 11) is 0. The van der Waals surface area contributed by atoms with Gasteiger partial charge in [-0.25, -0.2) is 4.39 Å². The zero-order valence-corrected chi connectivity index (χ0v) is 11.5. The number of pyridine rings is 1. The molecule has 1 fully saturated rings. The van der Waals surface area contributed by atoms with E-state index in [9.17, 15) is 9.18 Å². The summed E-state index contributed by atoms with van der Waals surface area (Å²) in [5.74, 6) is 0.287. The third kappa shape index (κ3) is 2.67. The normalized spacial score (nSPS) is 18.6. The predicted octanol–water partition coefficient (Wildman–Crippen LogP) is 2.99. The monoisotopic (exact) mass is 288 g/mol. The molecule has 3 nitrogen and oxygen atoms in total. The van der Waals surface area contributed by atoms with Crippen molar-refractivity contribution in [3.8, 4) is 0 Å². The molecule has 0 aliphatic carbocycles. The highest BCUT2D eigenvalue weighted by Gasteiger charge is 2.33. The van der Waals surface area contributed by atoms with Crippen LogP contribution >= 0.6 is 11.8 Å². The summed E-state index contributed by atoms with van der Waals surface area (Å²) in [6, 6.07) is 11.9. The molecule has 0 radical (unpaired) electrons. The van der Waals surface area contributed by atoms with Crippen molar-refractivity contribution in [2.45, 2.75) is 11.9 Å². The Labute approximate surface area is 120 Å². The van der Waals surface area contributed by atoms with Gasteiger partial charge in [0.05, 0.1) is 11.4 Å². The van der Waals surface area contributed by atoms with Crippen LogP contribution in [0.3, 0.4) is 0 Å². The van der Waals surface area contributed by atoms with Crippen molar-refractivity contribution in [3.05, 3.63) is 65.7 Å². The molecule has 0 bridgehead atoms. The zero-order chi connectivity index (χ0) is 13.9. The van der Waals surface area contributed by atoms with E-state index < -0.39 is 0 Å². The summed E-state index contributed by atoms with van der Waals surface area (Å²) in [5.41, 5.74) is 1.80. The zero-order valence-electron chi connectivity index (χ0n) is 10.7. The predicted molar refractivity (Wildman–Crippen MR) is 76.4 cm³/mol. The van der Waals surface area contributed by atoms with Crippen molar-refractivity contribution < 1.29 is 9.18 Å². The summed E-state index contributed by atoms with van der Waals surface area (Å²) in [4.78, 5) is 18.2. The van der Waals surface area contributed by atoms with E-state index in [1.807, 2.05) is 18.2 Å². The molecule has 20 heavy (non-hydrogen) atoms. The van der Waals surface area contributed by atoms with Crippen molar-refractivity contribution in [3.63, 3.8) is 0 Å². The molecule has 1 aliphatic rings. The molecular weight excluding hydrogens is 275 g/mol. The largest absolute Gasteiger partial charge is 0.320 e. The Kier molecular flexibility index (Phi) is 3.69. The highest BCUT2D eigenvalue weighted by Crippen LogP contribution is 2.38. The lowest BCUT2D eigenvalue weighted by molar-refractivity contribution is -0.128. The minimum absolute atomic E-state index is 0.0613. The maximum Gasteiger partial charge on any atom is 0.234 e. The number of thioether (sulfide) groups is 1. The van der Waals surface area contributed by atoms with Gasteiger partial charge in [0.25, 0.3) is 0 Å². The summed E-state index contributed by atoms with van der Waals surface area (Å²) >= 11 is 1.57. The van der Waals surface area contributed by atoms with Crippen molar-refractivity contribution in [2.24, 2.45) is 0 Å². The molecule has 3 rings (SSSR count). The minimum atomic E-state index is -0.267. The molecule has 1 aromatic heterocycles. The molecule has 5 heteroatoms. The lowest BCUT2D eigenvalue weighted by atomic mass is 10.2. The maximum atomic E-state index is 12.9. The molecule has 2 heterocycles. The van der Waals surface area contributed by atoms with Gasteiger partial charge in [0.1, 0.15) is 11.2 Å². The number of hydrogen-bond donors (Lipinski definition) is 0. The van der Waals surface area contributed by atoms with Crippen LogP contribution < -0.4 is 0 Å². The molecule has 102 valence electrons. The third-order valence-corrected chi connectivity index (χ3v) is 4.40. The Morgan fingerprint density at radius 1 is 1.25 bits per heavy atom. The van der Waals surface area contributed by atoms with Gasteiger partial charge < -0.3 is 4.90 Å². The number of aromatic nitrogens is 1. The Morgan fingerprint density at radius 2 is 2.05 bits per heavy atom. The fourth-order valence-corrected chi connectivity index (χ4v) is 3.33. The molecule has 0 saturated carbocycles. The van der Waals surface area contributed by atoms with Gasteiger partial charge in [-0.1, -0.05) is 18.2 Å². The highest BCUT2D eigenvalue weighted by molar-refractivity contribution is 8.00. The smallest absolute Gasteiger partial charge is 0.234 e. The van der Waals surface area contributed by atoms with Crippen LogP contribution in [0.15, 0.2) is 48.7 Å². The van der Waals surface area contributed by atoms with Crippen molar-refractivity contribution in [1.82, 2.24) is 9.88 Å². The molecule has 0 N–H and O–H groups in total. The molecule has 1 amide bonds. The van der Waals surface area contributed by atoms with Crippen LogP contribution in [-0.2, 0) is 11.3 Å². The first-order valence-corrected chi connectivity index (χ1v) is 7.35. The highest BCUT2D eigenvalue weighted by atomic mass is 32.2. The number of amides is 1. The van der Waals surface area contributed by atoms with E-state index in [-0.39, 0.29) is 17.1 Å². The Hall–Kier alpha value is -1.88. The molecule has 1 unspecified atom stereocenters. The second kappa shape index (κ2) is 5.63. The molecule has 1 aromatic carbocycles. The van der Waals surface area contributed by atoms with Gasteiger partial charge in [0.2, 0.25) is 5.91 Å². The minimum Gasteiger partial charge on any atom is -0.320 e. The van der Waals surface area contributed by atoms with Gasteiger partial charge in [-0.2, -0.15) is 0 Å². The number of carbonyl (C=O) groups excluding carboxylic acids is 1. The van der Waals surface area contributed by atoms with E-state index in [0.717, 1.165) is 11.3 Å².